The fourth-order valence-electron chi connectivity index (χ4n) is 8.96. The molecule has 5 heteroatoms. The van der Waals surface area contributed by atoms with E-state index in [1.165, 1.54) is 82.6 Å². The van der Waals surface area contributed by atoms with E-state index in [1.807, 2.05) is 0 Å². The number of hydrogen-bond acceptors (Lipinski definition) is 2. The molecule has 0 spiro atoms. The zero-order chi connectivity index (χ0) is 33.5. The first-order chi connectivity index (χ1) is 25.3. The predicted octanol–water partition coefficient (Wildman–Crippen LogP) is 8.20. The fraction of sp³-hybridized carbons (Fsp3) is 0. The Bertz CT molecular complexity index is 2780. The Morgan fingerprint density at radius 1 is 0.392 bits per heavy atom. The molecule has 2 aliphatic rings. The van der Waals surface area contributed by atoms with Crippen LogP contribution in [0.3, 0.4) is 0 Å². The van der Waals surface area contributed by atoms with Crippen molar-refractivity contribution in [2.75, 3.05) is 5.01 Å². The van der Waals surface area contributed by atoms with Crippen molar-refractivity contribution in [3.8, 4) is 16.8 Å². The molecule has 9 aromatic rings. The number of rotatable bonds is 4. The molecule has 0 N–H and O–H groups in total. The second kappa shape index (κ2) is 11.1. The Morgan fingerprint density at radius 3 is 1.86 bits per heavy atom. The molecule has 3 heterocycles. The molecule has 1 aromatic heterocycles. The summed E-state index contributed by atoms with van der Waals surface area (Å²) in [5, 5.41) is 7.62. The molecule has 0 amide bonds. The molecule has 0 atom stereocenters. The molecule has 11 rings (SSSR count). The molecule has 0 fully saturated rings. The van der Waals surface area contributed by atoms with Crippen LogP contribution in [0.5, 0.6) is 0 Å². The van der Waals surface area contributed by atoms with Gasteiger partial charge in [0.05, 0.1) is 22.4 Å². The average molecular weight is 647 g/mol. The zero-order valence-electron chi connectivity index (χ0n) is 27.9. The zero-order valence-corrected chi connectivity index (χ0v) is 27.9. The number of benzene rings is 8. The number of hydrogen-bond donors (Lipinski definition) is 0. The molecule has 2 aliphatic heterocycles. The third-order valence-electron chi connectivity index (χ3n) is 11.0. The minimum Gasteiger partial charge on any atom is -0.309 e. The quantitative estimate of drug-likeness (QED) is 0.179. The van der Waals surface area contributed by atoms with Gasteiger partial charge in [0.15, 0.2) is 0 Å². The topological polar surface area (TPSA) is 11.4 Å². The van der Waals surface area contributed by atoms with Crippen molar-refractivity contribution in [1.82, 2.24) is 9.40 Å². The van der Waals surface area contributed by atoms with Gasteiger partial charge in [-0.3, -0.25) is 9.84 Å². The summed E-state index contributed by atoms with van der Waals surface area (Å²) in [5.74, 6) is 0. The van der Waals surface area contributed by atoms with Crippen molar-refractivity contribution >= 4 is 79.5 Å². The van der Waals surface area contributed by atoms with Gasteiger partial charge in [0, 0.05) is 16.5 Å². The van der Waals surface area contributed by atoms with E-state index in [0.29, 0.717) is 0 Å². The van der Waals surface area contributed by atoms with Crippen LogP contribution in [0, 0.1) is 0 Å². The lowest BCUT2D eigenvalue weighted by atomic mass is 9.39. The lowest BCUT2D eigenvalue weighted by molar-refractivity contribution is 0.720. The molecule has 0 unspecified atom stereocenters. The van der Waals surface area contributed by atoms with Gasteiger partial charge in [0.25, 0.3) is 0 Å². The smallest absolute Gasteiger partial charge is 0.303 e. The summed E-state index contributed by atoms with van der Waals surface area (Å²) in [6.45, 7) is -0.0524. The molecule has 8 aromatic carbocycles. The van der Waals surface area contributed by atoms with Crippen LogP contribution in [0.1, 0.15) is 0 Å². The second-order valence-electron chi connectivity index (χ2n) is 13.7. The van der Waals surface area contributed by atoms with Crippen LogP contribution in [0.25, 0.3) is 49.4 Å². The van der Waals surface area contributed by atoms with Crippen molar-refractivity contribution < 1.29 is 0 Å². The molecule has 236 valence electrons. The van der Waals surface area contributed by atoms with Crippen molar-refractivity contribution in [3.05, 3.63) is 188 Å². The molecule has 0 radical (unpaired) electrons. The number of aromatic nitrogens is 1. The fourth-order valence-corrected chi connectivity index (χ4v) is 8.96. The Morgan fingerprint density at radius 2 is 1.04 bits per heavy atom. The third kappa shape index (κ3) is 4.13. The summed E-state index contributed by atoms with van der Waals surface area (Å²) in [6, 6.07) is 69.1. The number of nitrogens with zero attached hydrogens (tertiary/aromatic N) is 3. The highest BCUT2D eigenvalue weighted by molar-refractivity contribution is 7.01. The van der Waals surface area contributed by atoms with Gasteiger partial charge in [-0.05, 0) is 69.2 Å². The molecule has 0 bridgehead atoms. The van der Waals surface area contributed by atoms with Crippen LogP contribution < -0.4 is 26.9 Å². The first kappa shape index (κ1) is 28.5. The van der Waals surface area contributed by atoms with Gasteiger partial charge in [-0.25, -0.2) is 0 Å². The van der Waals surface area contributed by atoms with Crippen molar-refractivity contribution in [2.45, 2.75) is 0 Å². The molecule has 3 nitrogen and oxygen atoms in total. The van der Waals surface area contributed by atoms with Gasteiger partial charge < -0.3 is 4.57 Å². The Hall–Kier alpha value is -6.29. The highest BCUT2D eigenvalue weighted by Gasteiger charge is 2.54. The maximum atomic E-state index is 2.67. The van der Waals surface area contributed by atoms with Crippen LogP contribution in [-0.2, 0) is 0 Å². The molecule has 0 saturated heterocycles. The van der Waals surface area contributed by atoms with Crippen LogP contribution >= 0.6 is 0 Å². The Kier molecular flexibility index (Phi) is 6.22. The highest BCUT2D eigenvalue weighted by atomic mass is 15.6. The molecule has 51 heavy (non-hydrogen) atoms. The molecule has 0 saturated carbocycles. The summed E-state index contributed by atoms with van der Waals surface area (Å²) in [6.07, 6.45) is 0. The van der Waals surface area contributed by atoms with Crippen LogP contribution in [0.4, 0.5) is 11.4 Å². The summed E-state index contributed by atoms with van der Waals surface area (Å²) in [7, 11) is 0. The lowest BCUT2D eigenvalue weighted by Gasteiger charge is -2.31. The molecular weight excluding hydrogens is 616 g/mol. The average Bonchev–Trinajstić information content (AvgIpc) is 3.84. The Labute approximate surface area is 297 Å². The lowest BCUT2D eigenvalue weighted by Crippen LogP contribution is -2.64. The van der Waals surface area contributed by atoms with E-state index in [-0.39, 0.29) is 13.7 Å². The van der Waals surface area contributed by atoms with E-state index < -0.39 is 0 Å². The normalized spacial score (nSPS) is 13.7. The van der Waals surface area contributed by atoms with Crippen molar-refractivity contribution in [2.24, 2.45) is 0 Å². The molecular formula is C46H31B2N3. The largest absolute Gasteiger partial charge is 0.309 e. The first-order valence-electron chi connectivity index (χ1n) is 17.8. The third-order valence-corrected chi connectivity index (χ3v) is 11.0. The van der Waals surface area contributed by atoms with E-state index in [2.05, 4.69) is 202 Å². The van der Waals surface area contributed by atoms with Crippen LogP contribution in [0.15, 0.2) is 188 Å². The molecule has 0 aliphatic carbocycles. The van der Waals surface area contributed by atoms with Gasteiger partial charge in [-0.2, -0.15) is 0 Å². The highest BCUT2D eigenvalue weighted by Crippen LogP contribution is 2.41. The minimum absolute atomic E-state index is 0.00977. The number of fused-ring (bicyclic) bond motifs is 10. The first-order valence-corrected chi connectivity index (χ1v) is 17.8. The van der Waals surface area contributed by atoms with E-state index in [0.717, 1.165) is 0 Å². The van der Waals surface area contributed by atoms with Gasteiger partial charge >= 0.3 is 13.7 Å². The van der Waals surface area contributed by atoms with E-state index >= 15 is 0 Å². The summed E-state index contributed by atoms with van der Waals surface area (Å²) in [5.41, 5.74) is 13.9. The maximum Gasteiger partial charge on any atom is 0.303 e. The number of anilines is 2. The van der Waals surface area contributed by atoms with Gasteiger partial charge in [0.2, 0.25) is 0 Å². The minimum atomic E-state index is -0.0426. The predicted molar refractivity (Wildman–Crippen MR) is 217 cm³/mol. The monoisotopic (exact) mass is 647 g/mol. The Balaban J connectivity index is 1.23. The van der Waals surface area contributed by atoms with Gasteiger partial charge in [0.1, 0.15) is 0 Å². The summed E-state index contributed by atoms with van der Waals surface area (Å²) < 4.78 is 2.44. The van der Waals surface area contributed by atoms with E-state index in [9.17, 15) is 0 Å². The van der Waals surface area contributed by atoms with E-state index in [1.54, 1.807) is 0 Å². The van der Waals surface area contributed by atoms with Gasteiger partial charge in [-0.1, -0.05) is 163 Å². The van der Waals surface area contributed by atoms with E-state index in [4.69, 9.17) is 0 Å². The number of hydrazine groups is 1. The second-order valence-corrected chi connectivity index (χ2v) is 13.7. The maximum absolute atomic E-state index is 2.67. The van der Waals surface area contributed by atoms with Crippen molar-refractivity contribution in [1.29, 1.82) is 0 Å². The number of para-hydroxylation sites is 2. The standard InChI is InChI=1S/C46H31B2N3/c1-4-15-32(16-5-1)38-24-14-26-42-45(38)47(34-18-6-2-7-19-34)51-48(46-37-22-11-10-17-33(37)27-30-43(46)50(42)51)35-28-29-40-39-23-12-13-25-41(39)49(44(40)31-35)36-20-8-3-9-21-36/h1-31H. The SMILES string of the molecule is c1ccc(B2c3c(-c4ccccc4)cccc3N3c4ccc5ccccc5c4B(c4ccc5c6ccccc6n(-c6ccccc6)c5c4)N23)cc1. The summed E-state index contributed by atoms with van der Waals surface area (Å²) >= 11 is 0. The summed E-state index contributed by atoms with van der Waals surface area (Å²) in [4.78, 5) is 2.67. The van der Waals surface area contributed by atoms with Crippen molar-refractivity contribution in [3.63, 3.8) is 0 Å². The van der Waals surface area contributed by atoms with Gasteiger partial charge in [-0.15, -0.1) is 0 Å². The van der Waals surface area contributed by atoms with Crippen LogP contribution in [-0.4, -0.2) is 23.1 Å². The van der Waals surface area contributed by atoms with Crippen LogP contribution in [0.2, 0.25) is 0 Å².